The molecule has 0 amide bonds. The van der Waals surface area contributed by atoms with Gasteiger partial charge in [-0.05, 0) is 61.3 Å². The largest absolute Gasteiger partial charge is 0.390 e. The van der Waals surface area contributed by atoms with Gasteiger partial charge in [0.1, 0.15) is 0 Å². The Balaban J connectivity index is 1.89. The van der Waals surface area contributed by atoms with Crippen molar-refractivity contribution in [2.75, 3.05) is 0 Å². The van der Waals surface area contributed by atoms with E-state index in [4.69, 9.17) is 0 Å². The first-order valence-electron chi connectivity index (χ1n) is 7.64. The van der Waals surface area contributed by atoms with E-state index in [0.29, 0.717) is 5.41 Å². The summed E-state index contributed by atoms with van der Waals surface area (Å²) in [4.78, 5) is 1.41. The van der Waals surface area contributed by atoms with Gasteiger partial charge in [0.15, 0.2) is 0 Å². The Hall–Kier alpha value is -0.340. The third-order valence-corrected chi connectivity index (χ3v) is 5.73. The molecule has 1 heterocycles. The van der Waals surface area contributed by atoms with Crippen LogP contribution in [0.4, 0.5) is 0 Å². The highest BCUT2D eigenvalue weighted by Gasteiger charge is 2.34. The van der Waals surface area contributed by atoms with E-state index in [0.717, 1.165) is 31.6 Å². The maximum absolute atomic E-state index is 10.8. The van der Waals surface area contributed by atoms with Crippen LogP contribution in [-0.4, -0.2) is 10.7 Å². The molecule has 1 aromatic heterocycles. The summed E-state index contributed by atoms with van der Waals surface area (Å²) in [6, 6.07) is 4.29. The smallest absolute Gasteiger partial charge is 0.0651 e. The van der Waals surface area contributed by atoms with Crippen LogP contribution in [0.5, 0.6) is 0 Å². The van der Waals surface area contributed by atoms with Crippen molar-refractivity contribution in [1.82, 2.24) is 0 Å². The molecule has 0 aromatic carbocycles. The van der Waals surface area contributed by atoms with Crippen LogP contribution in [0.25, 0.3) is 0 Å². The van der Waals surface area contributed by atoms with Gasteiger partial charge in [0.2, 0.25) is 0 Å². The Morgan fingerprint density at radius 1 is 1.32 bits per heavy atom. The molecule has 2 unspecified atom stereocenters. The van der Waals surface area contributed by atoms with Gasteiger partial charge in [0.05, 0.1) is 5.60 Å². The van der Waals surface area contributed by atoms with Crippen LogP contribution < -0.4 is 0 Å². The van der Waals surface area contributed by atoms with Crippen LogP contribution in [0, 0.1) is 11.3 Å². The molecule has 1 aliphatic rings. The van der Waals surface area contributed by atoms with E-state index in [2.05, 4.69) is 38.3 Å². The molecule has 0 saturated heterocycles. The van der Waals surface area contributed by atoms with Gasteiger partial charge in [-0.15, -0.1) is 11.3 Å². The van der Waals surface area contributed by atoms with E-state index < -0.39 is 5.60 Å². The van der Waals surface area contributed by atoms with Crippen molar-refractivity contribution in [1.29, 1.82) is 0 Å². The molecule has 1 fully saturated rings. The number of aryl methyl sites for hydroxylation is 1. The SMILES string of the molecule is CC(C)(C)C1CCCC(O)(CCc2cccs2)CC1. The third kappa shape index (κ3) is 4.32. The van der Waals surface area contributed by atoms with Crippen LogP contribution >= 0.6 is 11.3 Å². The monoisotopic (exact) mass is 280 g/mol. The first-order chi connectivity index (χ1) is 8.89. The van der Waals surface area contributed by atoms with E-state index >= 15 is 0 Å². The summed E-state index contributed by atoms with van der Waals surface area (Å²) >= 11 is 1.81. The van der Waals surface area contributed by atoms with Gasteiger partial charge in [-0.1, -0.05) is 33.3 Å². The average molecular weight is 280 g/mol. The summed E-state index contributed by atoms with van der Waals surface area (Å²) in [5.41, 5.74) is -0.0248. The molecule has 0 spiro atoms. The van der Waals surface area contributed by atoms with Crippen LogP contribution in [0.15, 0.2) is 17.5 Å². The fraction of sp³-hybridized carbons (Fsp3) is 0.765. The third-order valence-electron chi connectivity index (χ3n) is 4.79. The number of hydrogen-bond acceptors (Lipinski definition) is 2. The first-order valence-corrected chi connectivity index (χ1v) is 8.52. The second-order valence-electron chi connectivity index (χ2n) is 7.30. The van der Waals surface area contributed by atoms with Crippen molar-refractivity contribution >= 4 is 11.3 Å². The van der Waals surface area contributed by atoms with Gasteiger partial charge in [-0.25, -0.2) is 0 Å². The Bertz CT molecular complexity index is 376. The molecule has 1 aromatic rings. The lowest BCUT2D eigenvalue weighted by Gasteiger charge is -2.31. The zero-order valence-electron chi connectivity index (χ0n) is 12.6. The summed E-state index contributed by atoms with van der Waals surface area (Å²) in [6.07, 6.45) is 7.60. The molecule has 0 bridgehead atoms. The van der Waals surface area contributed by atoms with Gasteiger partial charge in [-0.2, -0.15) is 0 Å². The van der Waals surface area contributed by atoms with Crippen molar-refractivity contribution < 1.29 is 5.11 Å². The molecule has 2 atom stereocenters. The molecule has 1 aliphatic carbocycles. The number of aliphatic hydroxyl groups is 1. The predicted molar refractivity (Wildman–Crippen MR) is 83.6 cm³/mol. The minimum Gasteiger partial charge on any atom is -0.390 e. The summed E-state index contributed by atoms with van der Waals surface area (Å²) in [6.45, 7) is 7.02. The zero-order valence-corrected chi connectivity index (χ0v) is 13.4. The molecule has 1 N–H and O–H groups in total. The highest BCUT2D eigenvalue weighted by Crippen LogP contribution is 2.41. The maximum Gasteiger partial charge on any atom is 0.0651 e. The van der Waals surface area contributed by atoms with E-state index in [1.807, 2.05) is 11.3 Å². The summed E-state index contributed by atoms with van der Waals surface area (Å²) in [7, 11) is 0. The van der Waals surface area contributed by atoms with E-state index in [1.54, 1.807) is 0 Å². The quantitative estimate of drug-likeness (QED) is 0.769. The van der Waals surface area contributed by atoms with Gasteiger partial charge >= 0.3 is 0 Å². The summed E-state index contributed by atoms with van der Waals surface area (Å²) < 4.78 is 0. The lowest BCUT2D eigenvalue weighted by atomic mass is 9.76. The lowest BCUT2D eigenvalue weighted by Crippen LogP contribution is -2.29. The second-order valence-corrected chi connectivity index (χ2v) is 8.33. The standard InChI is InChI=1S/C17H28OS/c1-16(2,3)14-6-4-10-17(18,11-8-14)12-9-15-7-5-13-19-15/h5,7,13-14,18H,4,6,8-12H2,1-3H3. The number of hydrogen-bond donors (Lipinski definition) is 1. The Kier molecular flexibility index (Phi) is 4.73. The van der Waals surface area contributed by atoms with Crippen molar-refractivity contribution in [3.8, 4) is 0 Å². The van der Waals surface area contributed by atoms with Crippen molar-refractivity contribution in [2.24, 2.45) is 11.3 Å². The van der Waals surface area contributed by atoms with Gasteiger partial charge in [0.25, 0.3) is 0 Å². The van der Waals surface area contributed by atoms with E-state index in [-0.39, 0.29) is 0 Å². The second kappa shape index (κ2) is 5.97. The maximum atomic E-state index is 10.8. The van der Waals surface area contributed by atoms with Crippen LogP contribution in [0.1, 0.15) is 64.2 Å². The number of thiophene rings is 1. The molecule has 2 heteroatoms. The Labute approximate surface area is 122 Å². The normalized spacial score (nSPS) is 29.2. The van der Waals surface area contributed by atoms with Crippen LogP contribution in [0.3, 0.4) is 0 Å². The van der Waals surface area contributed by atoms with Crippen molar-refractivity contribution in [2.45, 2.75) is 71.3 Å². The fourth-order valence-corrected chi connectivity index (χ4v) is 4.03. The molecule has 1 saturated carbocycles. The van der Waals surface area contributed by atoms with E-state index in [9.17, 15) is 5.11 Å². The molecule has 19 heavy (non-hydrogen) atoms. The number of rotatable bonds is 3. The van der Waals surface area contributed by atoms with Crippen molar-refractivity contribution in [3.63, 3.8) is 0 Å². The molecular formula is C17H28OS. The molecule has 1 nitrogen and oxygen atoms in total. The molecular weight excluding hydrogens is 252 g/mol. The van der Waals surface area contributed by atoms with E-state index in [1.165, 1.54) is 24.1 Å². The summed E-state index contributed by atoms with van der Waals surface area (Å²) in [5, 5.41) is 13.0. The minimum atomic E-state index is -0.413. The van der Waals surface area contributed by atoms with Crippen LogP contribution in [-0.2, 0) is 6.42 Å². The molecule has 108 valence electrons. The first kappa shape index (κ1) is 15.1. The van der Waals surface area contributed by atoms with Crippen LogP contribution in [0.2, 0.25) is 0 Å². The lowest BCUT2D eigenvalue weighted by molar-refractivity contribution is 0.0144. The predicted octanol–water partition coefficient (Wildman–Crippen LogP) is 5.04. The topological polar surface area (TPSA) is 20.2 Å². The molecule has 0 radical (unpaired) electrons. The molecule has 2 rings (SSSR count). The Morgan fingerprint density at radius 2 is 2.11 bits per heavy atom. The Morgan fingerprint density at radius 3 is 2.74 bits per heavy atom. The zero-order chi connectivity index (χ0) is 13.9. The van der Waals surface area contributed by atoms with Crippen molar-refractivity contribution in [3.05, 3.63) is 22.4 Å². The van der Waals surface area contributed by atoms with Gasteiger partial charge in [0, 0.05) is 4.88 Å². The van der Waals surface area contributed by atoms with Gasteiger partial charge in [-0.3, -0.25) is 0 Å². The fourth-order valence-electron chi connectivity index (χ4n) is 3.32. The van der Waals surface area contributed by atoms with Gasteiger partial charge < -0.3 is 5.11 Å². The average Bonchev–Trinajstić information content (AvgIpc) is 2.75. The molecule has 0 aliphatic heterocycles. The highest BCUT2D eigenvalue weighted by atomic mass is 32.1. The minimum absolute atomic E-state index is 0.388. The highest BCUT2D eigenvalue weighted by molar-refractivity contribution is 7.09. The summed E-state index contributed by atoms with van der Waals surface area (Å²) in [5.74, 6) is 0.767.